The molecule has 0 spiro atoms. The third-order valence-corrected chi connectivity index (χ3v) is 7.45. The second-order valence-electron chi connectivity index (χ2n) is 10.0. The van der Waals surface area contributed by atoms with Crippen molar-refractivity contribution in [3.05, 3.63) is 94.0 Å². The third kappa shape index (κ3) is 6.83. The van der Waals surface area contributed by atoms with Crippen LogP contribution in [0.4, 0.5) is 20.2 Å². The Balaban J connectivity index is 1.39. The van der Waals surface area contributed by atoms with E-state index in [1.54, 1.807) is 46.2 Å². The molecule has 0 aliphatic carbocycles. The highest BCUT2D eigenvalue weighted by Crippen LogP contribution is 2.30. The molecule has 8 nitrogen and oxygen atoms in total. The Bertz CT molecular complexity index is 1440. The Morgan fingerprint density at radius 2 is 1.44 bits per heavy atom. The van der Waals surface area contributed by atoms with Crippen molar-refractivity contribution in [2.24, 2.45) is 0 Å². The first-order valence-electron chi connectivity index (χ1n) is 13.5. The van der Waals surface area contributed by atoms with Crippen LogP contribution < -0.4 is 15.5 Å². The summed E-state index contributed by atoms with van der Waals surface area (Å²) in [4.78, 5) is 44.9. The maximum absolute atomic E-state index is 13.7. The maximum Gasteiger partial charge on any atom is 0.255 e. The number of benzene rings is 3. The van der Waals surface area contributed by atoms with Crippen LogP contribution in [-0.2, 0) is 0 Å². The quantitative estimate of drug-likeness (QED) is 0.470. The Hall–Kier alpha value is -4.02. The van der Waals surface area contributed by atoms with Gasteiger partial charge >= 0.3 is 0 Å². The molecule has 3 aromatic carbocycles. The molecule has 2 saturated heterocycles. The van der Waals surface area contributed by atoms with Gasteiger partial charge in [0.15, 0.2) is 0 Å². The minimum atomic E-state index is -0.805. The van der Waals surface area contributed by atoms with Crippen molar-refractivity contribution in [1.29, 1.82) is 0 Å². The number of hydrogen-bond acceptors (Lipinski definition) is 5. The second-order valence-corrected chi connectivity index (χ2v) is 10.5. The number of carbonyl (C=O) groups is 3. The summed E-state index contributed by atoms with van der Waals surface area (Å²) in [7, 11) is 0. The molecule has 2 fully saturated rings. The molecule has 0 atom stereocenters. The van der Waals surface area contributed by atoms with E-state index < -0.39 is 17.5 Å². The summed E-state index contributed by atoms with van der Waals surface area (Å²) in [5.74, 6) is -2.55. The average Bonchev–Trinajstić information content (AvgIpc) is 3.22. The van der Waals surface area contributed by atoms with Crippen LogP contribution in [0, 0.1) is 11.6 Å². The zero-order valence-electron chi connectivity index (χ0n) is 22.3. The number of rotatable bonds is 5. The SMILES string of the molecule is O=C(Nc1cc(C(=O)N2CCNCC2)ccc1N1CCCN(C(=O)c2cc(F)cc(F)c2)CC1)c1cccc(Cl)c1. The van der Waals surface area contributed by atoms with Gasteiger partial charge < -0.3 is 25.3 Å². The summed E-state index contributed by atoms with van der Waals surface area (Å²) in [6.07, 6.45) is 0.590. The number of halogens is 3. The van der Waals surface area contributed by atoms with Crippen LogP contribution in [0.1, 0.15) is 37.5 Å². The normalized spacial score (nSPS) is 15.8. The van der Waals surface area contributed by atoms with Crippen molar-refractivity contribution in [2.75, 3.05) is 62.6 Å². The second kappa shape index (κ2) is 12.7. The predicted molar refractivity (Wildman–Crippen MR) is 154 cm³/mol. The van der Waals surface area contributed by atoms with E-state index in [-0.39, 0.29) is 17.4 Å². The van der Waals surface area contributed by atoms with Gasteiger partial charge in [0.2, 0.25) is 0 Å². The van der Waals surface area contributed by atoms with Crippen molar-refractivity contribution in [1.82, 2.24) is 15.1 Å². The average molecular weight is 582 g/mol. The molecule has 2 N–H and O–H groups in total. The summed E-state index contributed by atoms with van der Waals surface area (Å²) in [6, 6.07) is 14.6. The van der Waals surface area contributed by atoms with Gasteiger partial charge in [-0.3, -0.25) is 14.4 Å². The van der Waals surface area contributed by atoms with Crippen LogP contribution in [0.25, 0.3) is 0 Å². The van der Waals surface area contributed by atoms with E-state index in [1.165, 1.54) is 0 Å². The van der Waals surface area contributed by atoms with Gasteiger partial charge in [0, 0.05) is 80.1 Å². The van der Waals surface area contributed by atoms with Gasteiger partial charge in [-0.2, -0.15) is 0 Å². The Morgan fingerprint density at radius 3 is 2.17 bits per heavy atom. The summed E-state index contributed by atoms with van der Waals surface area (Å²) in [5, 5.41) is 6.62. The molecule has 214 valence electrons. The summed E-state index contributed by atoms with van der Waals surface area (Å²) in [5.41, 5.74) is 1.95. The molecule has 0 radical (unpaired) electrons. The van der Waals surface area contributed by atoms with E-state index in [4.69, 9.17) is 11.6 Å². The van der Waals surface area contributed by atoms with E-state index in [1.807, 2.05) is 11.0 Å². The van der Waals surface area contributed by atoms with Gasteiger partial charge in [-0.15, -0.1) is 0 Å². The van der Waals surface area contributed by atoms with Gasteiger partial charge in [-0.25, -0.2) is 8.78 Å². The molecule has 0 saturated carbocycles. The fourth-order valence-corrected chi connectivity index (χ4v) is 5.33. The highest BCUT2D eigenvalue weighted by molar-refractivity contribution is 6.31. The van der Waals surface area contributed by atoms with E-state index in [9.17, 15) is 23.2 Å². The highest BCUT2D eigenvalue weighted by atomic mass is 35.5. The molecule has 2 heterocycles. The molecule has 3 amide bonds. The van der Waals surface area contributed by atoms with E-state index in [2.05, 4.69) is 10.6 Å². The molecule has 5 rings (SSSR count). The van der Waals surface area contributed by atoms with Crippen molar-refractivity contribution < 1.29 is 23.2 Å². The van der Waals surface area contributed by atoms with Gasteiger partial charge in [0.1, 0.15) is 11.6 Å². The monoisotopic (exact) mass is 581 g/mol. The first-order chi connectivity index (χ1) is 19.8. The smallest absolute Gasteiger partial charge is 0.255 e. The summed E-state index contributed by atoms with van der Waals surface area (Å²) < 4.78 is 27.5. The Kier molecular flexibility index (Phi) is 8.80. The largest absolute Gasteiger partial charge is 0.368 e. The topological polar surface area (TPSA) is 85.0 Å². The zero-order chi connectivity index (χ0) is 28.9. The lowest BCUT2D eigenvalue weighted by Gasteiger charge is -2.29. The minimum Gasteiger partial charge on any atom is -0.368 e. The number of nitrogens with zero attached hydrogens (tertiary/aromatic N) is 3. The Morgan fingerprint density at radius 1 is 0.732 bits per heavy atom. The fourth-order valence-electron chi connectivity index (χ4n) is 5.14. The van der Waals surface area contributed by atoms with Gasteiger partial charge in [0.05, 0.1) is 11.4 Å². The molecular formula is C30H30ClF2N5O3. The Labute approximate surface area is 241 Å². The number of amides is 3. The standard InChI is InChI=1S/C30H30ClF2N5O3/c31-23-4-1-3-20(15-23)28(39)35-26-18-21(29(40)38-11-7-34-8-12-38)5-6-27(26)36-9-2-10-37(14-13-36)30(41)22-16-24(32)19-25(33)17-22/h1,3-6,15-19,34H,2,7-14H2,(H,35,39). The molecule has 3 aromatic rings. The molecule has 2 aliphatic rings. The van der Waals surface area contributed by atoms with E-state index >= 15 is 0 Å². The van der Waals surface area contributed by atoms with Crippen molar-refractivity contribution in [2.45, 2.75) is 6.42 Å². The molecule has 0 bridgehead atoms. The van der Waals surface area contributed by atoms with Gasteiger partial charge in [-0.1, -0.05) is 17.7 Å². The van der Waals surface area contributed by atoms with Crippen molar-refractivity contribution in [3.8, 4) is 0 Å². The minimum absolute atomic E-state index is 0.0406. The van der Waals surface area contributed by atoms with Crippen molar-refractivity contribution >= 4 is 40.7 Å². The molecule has 0 aromatic heterocycles. The van der Waals surface area contributed by atoms with Crippen molar-refractivity contribution in [3.63, 3.8) is 0 Å². The molecule has 41 heavy (non-hydrogen) atoms. The van der Waals surface area contributed by atoms with Gasteiger partial charge in [-0.05, 0) is 55.0 Å². The van der Waals surface area contributed by atoms with E-state index in [0.717, 1.165) is 18.2 Å². The van der Waals surface area contributed by atoms with Crippen LogP contribution in [0.3, 0.4) is 0 Å². The summed E-state index contributed by atoms with van der Waals surface area (Å²) >= 11 is 6.10. The number of nitrogens with one attached hydrogen (secondary N) is 2. The number of anilines is 2. The lowest BCUT2D eigenvalue weighted by molar-refractivity contribution is 0.0734. The van der Waals surface area contributed by atoms with Crippen LogP contribution in [0.2, 0.25) is 5.02 Å². The fraction of sp³-hybridized carbons (Fsp3) is 0.300. The van der Waals surface area contributed by atoms with Gasteiger partial charge in [0.25, 0.3) is 17.7 Å². The van der Waals surface area contributed by atoms with Crippen LogP contribution >= 0.6 is 11.6 Å². The molecule has 2 aliphatic heterocycles. The highest BCUT2D eigenvalue weighted by Gasteiger charge is 2.25. The van der Waals surface area contributed by atoms with Crippen LogP contribution in [0.15, 0.2) is 60.7 Å². The first-order valence-corrected chi connectivity index (χ1v) is 13.9. The molecular weight excluding hydrogens is 552 g/mol. The first kappa shape index (κ1) is 28.5. The zero-order valence-corrected chi connectivity index (χ0v) is 23.1. The lowest BCUT2D eigenvalue weighted by atomic mass is 10.1. The molecule has 11 heteroatoms. The maximum atomic E-state index is 13.7. The predicted octanol–water partition coefficient (Wildman–Crippen LogP) is 4.27. The number of piperazine rings is 1. The van der Waals surface area contributed by atoms with Crippen LogP contribution in [0.5, 0.6) is 0 Å². The summed E-state index contributed by atoms with van der Waals surface area (Å²) in [6.45, 7) is 4.30. The van der Waals surface area contributed by atoms with Crippen LogP contribution in [-0.4, -0.2) is 79.9 Å². The number of hydrogen-bond donors (Lipinski definition) is 2. The number of carbonyl (C=O) groups excluding carboxylic acids is 3. The van der Waals surface area contributed by atoms with E-state index in [0.29, 0.717) is 86.3 Å². The lowest BCUT2D eigenvalue weighted by Crippen LogP contribution is -2.46. The molecule has 0 unspecified atom stereocenters. The third-order valence-electron chi connectivity index (χ3n) is 7.22.